The molecule has 100 valence electrons. The molecular formula is C15H28O2. The Morgan fingerprint density at radius 1 is 1.24 bits per heavy atom. The molecule has 2 unspecified atom stereocenters. The first kappa shape index (κ1) is 14.7. The zero-order chi connectivity index (χ0) is 12.7. The van der Waals surface area contributed by atoms with Crippen molar-refractivity contribution in [1.29, 1.82) is 0 Å². The van der Waals surface area contributed by atoms with Gasteiger partial charge in [0.05, 0.1) is 6.61 Å². The van der Waals surface area contributed by atoms with Crippen LogP contribution >= 0.6 is 0 Å². The molecule has 0 saturated heterocycles. The monoisotopic (exact) mass is 240 g/mol. The van der Waals surface area contributed by atoms with Crippen molar-refractivity contribution in [1.82, 2.24) is 0 Å². The summed E-state index contributed by atoms with van der Waals surface area (Å²) in [5, 5.41) is 0. The number of hydrogen-bond donors (Lipinski definition) is 0. The van der Waals surface area contributed by atoms with Gasteiger partial charge in [-0.2, -0.15) is 0 Å². The first-order chi connectivity index (χ1) is 8.15. The molecule has 2 heteroatoms. The smallest absolute Gasteiger partial charge is 0.158 e. The summed E-state index contributed by atoms with van der Waals surface area (Å²) in [7, 11) is 0. The Morgan fingerprint density at radius 2 is 1.88 bits per heavy atom. The number of carbonyl (C=O) groups is 1. The summed E-state index contributed by atoms with van der Waals surface area (Å²) < 4.78 is 5.62. The van der Waals surface area contributed by atoms with Crippen molar-refractivity contribution < 1.29 is 9.53 Å². The molecule has 0 aliphatic heterocycles. The molecule has 0 N–H and O–H groups in total. The van der Waals surface area contributed by atoms with E-state index in [1.54, 1.807) is 0 Å². The van der Waals surface area contributed by atoms with Crippen LogP contribution in [-0.2, 0) is 9.53 Å². The Balaban J connectivity index is 2.18. The molecule has 0 heterocycles. The third kappa shape index (κ3) is 5.20. The van der Waals surface area contributed by atoms with E-state index < -0.39 is 0 Å². The Hall–Kier alpha value is -0.370. The molecule has 0 bridgehead atoms. The van der Waals surface area contributed by atoms with Gasteiger partial charge in [-0.25, -0.2) is 0 Å². The van der Waals surface area contributed by atoms with Crippen molar-refractivity contribution >= 4 is 5.78 Å². The van der Waals surface area contributed by atoms with Crippen LogP contribution < -0.4 is 0 Å². The number of Topliss-reactive ketones (excluding diaryl/α,β-unsaturated/α-hetero) is 1. The molecule has 0 radical (unpaired) electrons. The molecule has 2 atom stereocenters. The number of ketones is 1. The average molecular weight is 240 g/mol. The second kappa shape index (κ2) is 7.86. The topological polar surface area (TPSA) is 26.3 Å². The summed E-state index contributed by atoms with van der Waals surface area (Å²) >= 11 is 0. The highest BCUT2D eigenvalue weighted by atomic mass is 16.5. The number of hydrogen-bond acceptors (Lipinski definition) is 2. The Labute approximate surface area is 106 Å². The summed E-state index contributed by atoms with van der Waals surface area (Å²) in [5.74, 6) is 2.43. The second-order valence-corrected chi connectivity index (χ2v) is 5.71. The molecule has 0 aromatic carbocycles. The maximum Gasteiger partial charge on any atom is 0.158 e. The molecular weight excluding hydrogens is 212 g/mol. The highest BCUT2D eigenvalue weighted by Crippen LogP contribution is 2.34. The van der Waals surface area contributed by atoms with E-state index in [1.165, 1.54) is 19.3 Å². The first-order valence-electron chi connectivity index (χ1n) is 7.24. The fraction of sp³-hybridized carbons (Fsp3) is 0.933. The average Bonchev–Trinajstić information content (AvgIpc) is 2.30. The lowest BCUT2D eigenvalue weighted by Gasteiger charge is -2.34. The summed E-state index contributed by atoms with van der Waals surface area (Å²) in [4.78, 5) is 11.5. The van der Waals surface area contributed by atoms with Gasteiger partial charge in [-0.05, 0) is 24.2 Å². The van der Waals surface area contributed by atoms with Gasteiger partial charge >= 0.3 is 0 Å². The van der Waals surface area contributed by atoms with E-state index >= 15 is 0 Å². The third-order valence-corrected chi connectivity index (χ3v) is 4.16. The van der Waals surface area contributed by atoms with Crippen LogP contribution in [0.2, 0.25) is 0 Å². The highest BCUT2D eigenvalue weighted by molar-refractivity contribution is 5.79. The van der Waals surface area contributed by atoms with Gasteiger partial charge in [0.25, 0.3) is 0 Å². The lowest BCUT2D eigenvalue weighted by molar-refractivity contribution is -0.124. The first-order valence-corrected chi connectivity index (χ1v) is 7.24. The Morgan fingerprint density at radius 3 is 2.47 bits per heavy atom. The zero-order valence-corrected chi connectivity index (χ0v) is 11.7. The molecule has 0 amide bonds. The number of unbranched alkanes of at least 4 members (excludes halogenated alkanes) is 1. The standard InChI is InChI=1S/C15H28O2/c1-4-5-9-14(16)10-17-11-15-12(2)7-6-8-13(15)3/h12-13,15H,4-11H2,1-3H3. The zero-order valence-electron chi connectivity index (χ0n) is 11.7. The van der Waals surface area contributed by atoms with Crippen LogP contribution in [0.15, 0.2) is 0 Å². The minimum Gasteiger partial charge on any atom is -0.373 e. The number of rotatable bonds is 7. The number of carbonyl (C=O) groups excluding carboxylic acids is 1. The molecule has 1 aliphatic rings. The van der Waals surface area contributed by atoms with E-state index in [-0.39, 0.29) is 5.78 Å². The van der Waals surface area contributed by atoms with E-state index in [9.17, 15) is 4.79 Å². The molecule has 1 saturated carbocycles. The van der Waals surface area contributed by atoms with E-state index in [2.05, 4.69) is 20.8 Å². The van der Waals surface area contributed by atoms with Crippen LogP contribution in [0.25, 0.3) is 0 Å². The van der Waals surface area contributed by atoms with Crippen molar-refractivity contribution in [3.05, 3.63) is 0 Å². The van der Waals surface area contributed by atoms with Crippen molar-refractivity contribution in [3.8, 4) is 0 Å². The Kier molecular flexibility index (Phi) is 6.79. The molecule has 1 fully saturated rings. The van der Waals surface area contributed by atoms with Gasteiger partial charge < -0.3 is 4.74 Å². The van der Waals surface area contributed by atoms with Crippen LogP contribution in [0.3, 0.4) is 0 Å². The highest BCUT2D eigenvalue weighted by Gasteiger charge is 2.27. The van der Waals surface area contributed by atoms with Gasteiger partial charge in [0.2, 0.25) is 0 Å². The molecule has 0 spiro atoms. The summed E-state index contributed by atoms with van der Waals surface area (Å²) in [6, 6.07) is 0. The maximum atomic E-state index is 11.5. The fourth-order valence-electron chi connectivity index (χ4n) is 2.83. The van der Waals surface area contributed by atoms with Gasteiger partial charge in [0.1, 0.15) is 6.61 Å². The second-order valence-electron chi connectivity index (χ2n) is 5.71. The van der Waals surface area contributed by atoms with Gasteiger partial charge in [0.15, 0.2) is 5.78 Å². The normalized spacial score (nSPS) is 29.2. The summed E-state index contributed by atoms with van der Waals surface area (Å²) in [6.07, 6.45) is 6.77. The van der Waals surface area contributed by atoms with E-state index in [1.807, 2.05) is 0 Å². The van der Waals surface area contributed by atoms with Crippen LogP contribution in [0.4, 0.5) is 0 Å². The lowest BCUT2D eigenvalue weighted by Crippen LogP contribution is -2.29. The quantitative estimate of drug-likeness (QED) is 0.676. The van der Waals surface area contributed by atoms with Crippen molar-refractivity contribution in [2.45, 2.75) is 59.3 Å². The number of ether oxygens (including phenoxy) is 1. The molecule has 17 heavy (non-hydrogen) atoms. The minimum atomic E-state index is 0.267. The van der Waals surface area contributed by atoms with Crippen molar-refractivity contribution in [2.75, 3.05) is 13.2 Å². The van der Waals surface area contributed by atoms with Gasteiger partial charge in [-0.15, -0.1) is 0 Å². The van der Waals surface area contributed by atoms with Crippen LogP contribution in [-0.4, -0.2) is 19.0 Å². The van der Waals surface area contributed by atoms with Gasteiger partial charge in [-0.1, -0.05) is 46.5 Å². The van der Waals surface area contributed by atoms with Crippen molar-refractivity contribution in [2.24, 2.45) is 17.8 Å². The third-order valence-electron chi connectivity index (χ3n) is 4.16. The summed E-state index contributed by atoms with van der Waals surface area (Å²) in [5.41, 5.74) is 0. The van der Waals surface area contributed by atoms with Crippen molar-refractivity contribution in [3.63, 3.8) is 0 Å². The molecule has 2 nitrogen and oxygen atoms in total. The van der Waals surface area contributed by atoms with Crippen LogP contribution in [0.5, 0.6) is 0 Å². The predicted molar refractivity (Wildman–Crippen MR) is 71.0 cm³/mol. The lowest BCUT2D eigenvalue weighted by atomic mass is 9.74. The Bertz CT molecular complexity index is 215. The van der Waals surface area contributed by atoms with E-state index in [0.717, 1.165) is 31.3 Å². The summed E-state index contributed by atoms with van der Waals surface area (Å²) in [6.45, 7) is 7.86. The fourth-order valence-corrected chi connectivity index (χ4v) is 2.83. The molecule has 1 rings (SSSR count). The largest absolute Gasteiger partial charge is 0.373 e. The van der Waals surface area contributed by atoms with E-state index in [0.29, 0.717) is 18.9 Å². The minimum absolute atomic E-state index is 0.267. The van der Waals surface area contributed by atoms with E-state index in [4.69, 9.17) is 4.74 Å². The van der Waals surface area contributed by atoms with Gasteiger partial charge in [-0.3, -0.25) is 4.79 Å². The molecule has 1 aliphatic carbocycles. The van der Waals surface area contributed by atoms with Crippen LogP contribution in [0.1, 0.15) is 59.3 Å². The SMILES string of the molecule is CCCCC(=O)COCC1C(C)CCCC1C. The van der Waals surface area contributed by atoms with Crippen LogP contribution in [0, 0.1) is 17.8 Å². The molecule has 0 aromatic rings. The molecule has 0 aromatic heterocycles. The predicted octanol–water partition coefficient (Wildman–Crippen LogP) is 3.83. The maximum absolute atomic E-state index is 11.5. The van der Waals surface area contributed by atoms with Gasteiger partial charge in [0, 0.05) is 6.42 Å².